The first-order valence-electron chi connectivity index (χ1n) is 5.61. The Hall–Kier alpha value is -0.870. The van der Waals surface area contributed by atoms with Gasteiger partial charge in [0.2, 0.25) is 0 Å². The zero-order valence-electron chi connectivity index (χ0n) is 9.92. The lowest BCUT2D eigenvalue weighted by atomic mass is 10.2. The summed E-state index contributed by atoms with van der Waals surface area (Å²) in [5.74, 6) is -0.173. The van der Waals surface area contributed by atoms with E-state index < -0.39 is 0 Å². The van der Waals surface area contributed by atoms with E-state index in [-0.39, 0.29) is 5.82 Å². The minimum absolute atomic E-state index is 0.173. The number of alkyl halides is 1. The van der Waals surface area contributed by atoms with E-state index in [2.05, 4.69) is 27.3 Å². The summed E-state index contributed by atoms with van der Waals surface area (Å²) in [7, 11) is 0. The predicted molar refractivity (Wildman–Crippen MR) is 73.4 cm³/mol. The molecule has 17 heavy (non-hydrogen) atoms. The van der Waals surface area contributed by atoms with Gasteiger partial charge in [-0.25, -0.2) is 4.39 Å². The van der Waals surface area contributed by atoms with Crippen LogP contribution in [0.25, 0.3) is 0 Å². The highest BCUT2D eigenvalue weighted by Gasteiger charge is 2.01. The Morgan fingerprint density at radius 2 is 2.24 bits per heavy atom. The van der Waals surface area contributed by atoms with Crippen molar-refractivity contribution in [2.75, 3.05) is 6.54 Å². The number of nitrogens with two attached hydrogens (primary N) is 1. The Balaban J connectivity index is 2.43. The van der Waals surface area contributed by atoms with Crippen LogP contribution >= 0.6 is 15.9 Å². The summed E-state index contributed by atoms with van der Waals surface area (Å²) in [6, 6.07) is 6.78. The first-order chi connectivity index (χ1) is 8.13. The molecule has 94 valence electrons. The maximum absolute atomic E-state index is 13.3. The maximum Gasteiger partial charge on any atom is 0.128 e. The highest BCUT2D eigenvalue weighted by molar-refractivity contribution is 9.09. The first-order valence-corrected chi connectivity index (χ1v) is 6.53. The summed E-state index contributed by atoms with van der Waals surface area (Å²) in [4.78, 5) is 0.299. The molecule has 0 bridgehead atoms. The number of allylic oxidation sites excluding steroid dienone is 2. The molecule has 0 saturated carbocycles. The molecule has 1 unspecified atom stereocenters. The number of hydrogen-bond acceptors (Lipinski definition) is 2. The highest BCUT2D eigenvalue weighted by Crippen LogP contribution is 2.08. The number of benzene rings is 1. The van der Waals surface area contributed by atoms with E-state index >= 15 is 0 Å². The largest absolute Gasteiger partial charge is 0.385 e. The molecule has 1 atom stereocenters. The van der Waals surface area contributed by atoms with Crippen molar-refractivity contribution in [1.29, 1.82) is 0 Å². The lowest BCUT2D eigenvalue weighted by Crippen LogP contribution is -2.15. The van der Waals surface area contributed by atoms with Crippen LogP contribution in [-0.2, 0) is 6.54 Å². The van der Waals surface area contributed by atoms with Gasteiger partial charge >= 0.3 is 0 Å². The van der Waals surface area contributed by atoms with Gasteiger partial charge in [-0.05, 0) is 19.4 Å². The Labute approximate surface area is 110 Å². The van der Waals surface area contributed by atoms with Crippen molar-refractivity contribution in [2.45, 2.75) is 24.7 Å². The van der Waals surface area contributed by atoms with Crippen molar-refractivity contribution < 1.29 is 4.39 Å². The number of rotatable bonds is 6. The third-order valence-electron chi connectivity index (χ3n) is 2.45. The average Bonchev–Trinajstić information content (AvgIpc) is 2.35. The maximum atomic E-state index is 13.3. The van der Waals surface area contributed by atoms with Gasteiger partial charge in [-0.3, -0.25) is 0 Å². The molecule has 0 radical (unpaired) electrons. The molecular weight excluding hydrogens is 283 g/mol. The molecule has 0 fully saturated rings. The standard InChI is InChI=1S/C13H18BrFN2/c1-10(6-7-12(14)8-16)17-9-11-4-2-3-5-13(11)15/h2-6,12,17H,7-9,16H2,1H3/b10-6+. The summed E-state index contributed by atoms with van der Waals surface area (Å²) in [5.41, 5.74) is 7.21. The van der Waals surface area contributed by atoms with Crippen LogP contribution in [0.3, 0.4) is 0 Å². The second-order valence-corrected chi connectivity index (χ2v) is 5.20. The molecule has 0 heterocycles. The van der Waals surface area contributed by atoms with Crippen molar-refractivity contribution >= 4 is 15.9 Å². The van der Waals surface area contributed by atoms with Gasteiger partial charge in [-0.15, -0.1) is 0 Å². The van der Waals surface area contributed by atoms with Gasteiger partial charge in [-0.2, -0.15) is 0 Å². The highest BCUT2D eigenvalue weighted by atomic mass is 79.9. The van der Waals surface area contributed by atoms with Gasteiger partial charge in [-0.1, -0.05) is 40.2 Å². The van der Waals surface area contributed by atoms with Crippen LogP contribution < -0.4 is 11.1 Å². The quantitative estimate of drug-likeness (QED) is 0.793. The van der Waals surface area contributed by atoms with Crippen LogP contribution in [0, 0.1) is 5.82 Å². The minimum Gasteiger partial charge on any atom is -0.385 e. The van der Waals surface area contributed by atoms with E-state index in [4.69, 9.17) is 5.73 Å². The van der Waals surface area contributed by atoms with E-state index in [1.807, 2.05) is 13.0 Å². The second-order valence-electron chi connectivity index (χ2n) is 3.90. The van der Waals surface area contributed by atoms with Crippen LogP contribution in [-0.4, -0.2) is 11.4 Å². The van der Waals surface area contributed by atoms with Crippen LogP contribution in [0.5, 0.6) is 0 Å². The van der Waals surface area contributed by atoms with Crippen LogP contribution in [0.15, 0.2) is 36.0 Å². The first kappa shape index (κ1) is 14.2. The molecule has 1 rings (SSSR count). The van der Waals surface area contributed by atoms with Gasteiger partial charge < -0.3 is 11.1 Å². The monoisotopic (exact) mass is 300 g/mol. The van der Waals surface area contributed by atoms with Crippen LogP contribution in [0.2, 0.25) is 0 Å². The lowest BCUT2D eigenvalue weighted by molar-refractivity contribution is 0.601. The molecule has 0 amide bonds. The molecule has 0 saturated heterocycles. The van der Waals surface area contributed by atoms with Crippen molar-refractivity contribution in [3.05, 3.63) is 47.4 Å². The molecule has 3 N–H and O–H groups in total. The van der Waals surface area contributed by atoms with Crippen LogP contribution in [0.4, 0.5) is 4.39 Å². The third kappa shape index (κ3) is 5.33. The summed E-state index contributed by atoms with van der Waals surface area (Å²) in [6.45, 7) is 3.08. The van der Waals surface area contributed by atoms with Crippen LogP contribution in [0.1, 0.15) is 18.9 Å². The fourth-order valence-electron chi connectivity index (χ4n) is 1.35. The summed E-state index contributed by atoms with van der Waals surface area (Å²) >= 11 is 3.46. The average molecular weight is 301 g/mol. The summed E-state index contributed by atoms with van der Waals surface area (Å²) in [5, 5.41) is 3.18. The Morgan fingerprint density at radius 1 is 1.53 bits per heavy atom. The van der Waals surface area contributed by atoms with Crippen molar-refractivity contribution in [3.8, 4) is 0 Å². The minimum atomic E-state index is -0.173. The van der Waals surface area contributed by atoms with E-state index in [0.717, 1.165) is 12.1 Å². The molecule has 0 spiro atoms. The van der Waals surface area contributed by atoms with Crippen molar-refractivity contribution in [3.63, 3.8) is 0 Å². The Morgan fingerprint density at radius 3 is 2.88 bits per heavy atom. The van der Waals surface area contributed by atoms with Crippen molar-refractivity contribution in [1.82, 2.24) is 5.32 Å². The summed E-state index contributed by atoms with van der Waals surface area (Å²) < 4.78 is 13.3. The number of hydrogen-bond donors (Lipinski definition) is 2. The smallest absolute Gasteiger partial charge is 0.128 e. The SMILES string of the molecule is C/C(=C\CC(Br)CN)NCc1ccccc1F. The Bertz CT molecular complexity index is 379. The second kappa shape index (κ2) is 7.45. The van der Waals surface area contributed by atoms with E-state index in [1.165, 1.54) is 6.07 Å². The zero-order valence-corrected chi connectivity index (χ0v) is 11.5. The van der Waals surface area contributed by atoms with Gasteiger partial charge in [0.1, 0.15) is 5.82 Å². The third-order valence-corrected chi connectivity index (χ3v) is 3.20. The van der Waals surface area contributed by atoms with Gasteiger partial charge in [0, 0.05) is 29.2 Å². The molecule has 0 aliphatic carbocycles. The van der Waals surface area contributed by atoms with Gasteiger partial charge in [0.05, 0.1) is 0 Å². The Kier molecular flexibility index (Phi) is 6.22. The van der Waals surface area contributed by atoms with Crippen molar-refractivity contribution in [2.24, 2.45) is 5.73 Å². The van der Waals surface area contributed by atoms with Gasteiger partial charge in [0.15, 0.2) is 0 Å². The van der Waals surface area contributed by atoms with E-state index in [9.17, 15) is 4.39 Å². The fraction of sp³-hybridized carbons (Fsp3) is 0.385. The number of halogens is 2. The molecule has 2 nitrogen and oxygen atoms in total. The molecule has 0 aromatic heterocycles. The molecule has 1 aromatic rings. The molecular formula is C13H18BrFN2. The van der Waals surface area contributed by atoms with E-state index in [0.29, 0.717) is 23.5 Å². The molecule has 0 aliphatic rings. The van der Waals surface area contributed by atoms with Gasteiger partial charge in [0.25, 0.3) is 0 Å². The number of nitrogens with one attached hydrogen (secondary N) is 1. The molecule has 0 aliphatic heterocycles. The lowest BCUT2D eigenvalue weighted by Gasteiger charge is -2.09. The fourth-order valence-corrected chi connectivity index (χ4v) is 1.54. The normalized spacial score (nSPS) is 13.5. The molecule has 1 aromatic carbocycles. The topological polar surface area (TPSA) is 38.0 Å². The van der Waals surface area contributed by atoms with E-state index in [1.54, 1.807) is 12.1 Å². The molecule has 4 heteroatoms. The zero-order chi connectivity index (χ0) is 12.7. The predicted octanol–water partition coefficient (Wildman–Crippen LogP) is 2.93. The summed E-state index contributed by atoms with van der Waals surface area (Å²) in [6.07, 6.45) is 2.93.